The molecule has 5 heteroatoms. The second kappa shape index (κ2) is 7.42. The van der Waals surface area contributed by atoms with Crippen LogP contribution >= 0.6 is 0 Å². The maximum atomic E-state index is 12.1. The van der Waals surface area contributed by atoms with Crippen LogP contribution in [0.4, 0.5) is 0 Å². The Balaban J connectivity index is 2.02. The van der Waals surface area contributed by atoms with E-state index >= 15 is 0 Å². The van der Waals surface area contributed by atoms with Crippen molar-refractivity contribution < 1.29 is 17.3 Å². The van der Waals surface area contributed by atoms with Crippen LogP contribution in [0, 0.1) is 6.92 Å². The van der Waals surface area contributed by atoms with Crippen molar-refractivity contribution in [2.24, 2.45) is 0 Å². The number of methoxy groups -OCH3 is 1. The molecule has 0 aliphatic rings. The van der Waals surface area contributed by atoms with Gasteiger partial charge in [-0.1, -0.05) is 42.0 Å². The van der Waals surface area contributed by atoms with Crippen LogP contribution in [-0.2, 0) is 27.0 Å². The summed E-state index contributed by atoms with van der Waals surface area (Å²) in [6.45, 7) is 2.56. The van der Waals surface area contributed by atoms with Crippen molar-refractivity contribution in [1.29, 1.82) is 0 Å². The lowest BCUT2D eigenvalue weighted by Gasteiger charge is -2.08. The molecule has 0 atom stereocenters. The Hall–Kier alpha value is -1.85. The van der Waals surface area contributed by atoms with Gasteiger partial charge in [0.25, 0.3) is 0 Å². The molecule has 118 valence electrons. The maximum Gasteiger partial charge on any atom is 0.313 e. The lowest BCUT2D eigenvalue weighted by atomic mass is 10.1. The zero-order chi connectivity index (χ0) is 16.0. The van der Waals surface area contributed by atoms with Crippen molar-refractivity contribution in [3.05, 3.63) is 65.2 Å². The van der Waals surface area contributed by atoms with Crippen molar-refractivity contribution in [2.45, 2.75) is 19.1 Å². The Bertz CT molecular complexity index is 706. The number of benzene rings is 2. The smallest absolute Gasteiger partial charge is 0.313 e. The standard InChI is InChI=1S/C17H20O4S/c1-14-4-3-5-16(12-14)13-22(18,19)21-17-8-6-15(7-9-17)10-11-20-2/h3-9,12H,10-11,13H2,1-2H3. The summed E-state index contributed by atoms with van der Waals surface area (Å²) >= 11 is 0. The first-order valence-corrected chi connectivity index (χ1v) is 8.62. The molecule has 0 aromatic heterocycles. The van der Waals surface area contributed by atoms with Crippen LogP contribution in [0.3, 0.4) is 0 Å². The van der Waals surface area contributed by atoms with E-state index in [4.69, 9.17) is 8.92 Å². The SMILES string of the molecule is COCCc1ccc(OS(=O)(=O)Cc2cccc(C)c2)cc1. The van der Waals surface area contributed by atoms with Gasteiger partial charge in [-0.05, 0) is 36.6 Å². The van der Waals surface area contributed by atoms with E-state index in [-0.39, 0.29) is 5.75 Å². The molecule has 0 heterocycles. The number of rotatable bonds is 7. The Morgan fingerprint density at radius 3 is 2.36 bits per heavy atom. The summed E-state index contributed by atoms with van der Waals surface area (Å²) in [6.07, 6.45) is 0.785. The van der Waals surface area contributed by atoms with Gasteiger partial charge in [-0.3, -0.25) is 0 Å². The van der Waals surface area contributed by atoms with Gasteiger partial charge in [-0.15, -0.1) is 0 Å². The lowest BCUT2D eigenvalue weighted by molar-refractivity contribution is 0.202. The topological polar surface area (TPSA) is 52.6 Å². The molecule has 2 aromatic rings. The molecule has 2 aromatic carbocycles. The van der Waals surface area contributed by atoms with Crippen LogP contribution in [0.2, 0.25) is 0 Å². The molecular weight excluding hydrogens is 300 g/mol. The zero-order valence-electron chi connectivity index (χ0n) is 12.8. The van der Waals surface area contributed by atoms with Crippen LogP contribution in [0.5, 0.6) is 5.75 Å². The summed E-state index contributed by atoms with van der Waals surface area (Å²) in [7, 11) is -2.01. The Morgan fingerprint density at radius 1 is 1.00 bits per heavy atom. The molecule has 22 heavy (non-hydrogen) atoms. The highest BCUT2D eigenvalue weighted by Crippen LogP contribution is 2.17. The van der Waals surface area contributed by atoms with E-state index in [9.17, 15) is 8.42 Å². The first-order valence-electron chi connectivity index (χ1n) is 7.04. The monoisotopic (exact) mass is 320 g/mol. The quantitative estimate of drug-likeness (QED) is 0.736. The van der Waals surface area contributed by atoms with Gasteiger partial charge in [0.05, 0.1) is 6.61 Å². The van der Waals surface area contributed by atoms with E-state index in [1.165, 1.54) is 0 Å². The van der Waals surface area contributed by atoms with Crippen molar-refractivity contribution in [2.75, 3.05) is 13.7 Å². The van der Waals surface area contributed by atoms with Gasteiger partial charge in [0.2, 0.25) is 0 Å². The minimum absolute atomic E-state index is 0.139. The zero-order valence-corrected chi connectivity index (χ0v) is 13.6. The van der Waals surface area contributed by atoms with Gasteiger partial charge < -0.3 is 8.92 Å². The molecule has 4 nitrogen and oxygen atoms in total. The van der Waals surface area contributed by atoms with E-state index in [1.807, 2.05) is 37.3 Å². The van der Waals surface area contributed by atoms with E-state index in [0.29, 0.717) is 12.4 Å². The lowest BCUT2D eigenvalue weighted by Crippen LogP contribution is -2.12. The molecule has 0 saturated heterocycles. The first-order chi connectivity index (χ1) is 10.5. The van der Waals surface area contributed by atoms with Crippen LogP contribution in [0.15, 0.2) is 48.5 Å². The van der Waals surface area contributed by atoms with Crippen molar-refractivity contribution in [3.63, 3.8) is 0 Å². The predicted octanol–water partition coefficient (Wildman–Crippen LogP) is 3.09. The number of hydrogen-bond donors (Lipinski definition) is 0. The van der Waals surface area contributed by atoms with Gasteiger partial charge in [-0.25, -0.2) is 0 Å². The van der Waals surface area contributed by atoms with Gasteiger partial charge in [0, 0.05) is 7.11 Å². The molecule has 0 spiro atoms. The van der Waals surface area contributed by atoms with E-state index < -0.39 is 10.1 Å². The van der Waals surface area contributed by atoms with Gasteiger partial charge in [0.1, 0.15) is 11.5 Å². The molecule has 0 radical (unpaired) electrons. The molecule has 0 aliphatic heterocycles. The summed E-state index contributed by atoms with van der Waals surface area (Å²) in [5.41, 5.74) is 2.82. The molecule has 2 rings (SSSR count). The number of aryl methyl sites for hydroxylation is 1. The fourth-order valence-electron chi connectivity index (χ4n) is 2.11. The Labute approximate surface area is 131 Å². The maximum absolute atomic E-state index is 12.1. The van der Waals surface area contributed by atoms with E-state index in [2.05, 4.69) is 0 Å². The molecular formula is C17H20O4S. The second-order valence-corrected chi connectivity index (χ2v) is 6.73. The van der Waals surface area contributed by atoms with E-state index in [1.54, 1.807) is 25.3 Å². The summed E-state index contributed by atoms with van der Waals surface area (Å²) in [5, 5.41) is 0. The van der Waals surface area contributed by atoms with Crippen LogP contribution in [0.1, 0.15) is 16.7 Å². The second-order valence-electron chi connectivity index (χ2n) is 5.16. The van der Waals surface area contributed by atoms with Crippen LogP contribution in [0.25, 0.3) is 0 Å². The highest BCUT2D eigenvalue weighted by atomic mass is 32.2. The average molecular weight is 320 g/mol. The fraction of sp³-hybridized carbons (Fsp3) is 0.294. The third-order valence-electron chi connectivity index (χ3n) is 3.17. The molecule has 0 unspecified atom stereocenters. The van der Waals surface area contributed by atoms with Gasteiger partial charge >= 0.3 is 10.1 Å². The largest absolute Gasteiger partial charge is 0.384 e. The molecule has 0 saturated carbocycles. The van der Waals surface area contributed by atoms with Crippen LogP contribution in [-0.4, -0.2) is 22.1 Å². The summed E-state index contributed by atoms with van der Waals surface area (Å²) in [5.74, 6) is 0.189. The summed E-state index contributed by atoms with van der Waals surface area (Å²) < 4.78 is 34.3. The normalized spacial score (nSPS) is 11.4. The fourth-order valence-corrected chi connectivity index (χ4v) is 3.16. The molecule has 0 N–H and O–H groups in total. The highest BCUT2D eigenvalue weighted by molar-refractivity contribution is 7.86. The molecule has 0 aliphatic carbocycles. The minimum Gasteiger partial charge on any atom is -0.384 e. The first kappa shape index (κ1) is 16.5. The third-order valence-corrected chi connectivity index (χ3v) is 4.30. The average Bonchev–Trinajstić information content (AvgIpc) is 2.45. The Kier molecular flexibility index (Phi) is 5.57. The minimum atomic E-state index is -3.66. The summed E-state index contributed by atoms with van der Waals surface area (Å²) in [4.78, 5) is 0. The number of hydrogen-bond acceptors (Lipinski definition) is 4. The van der Waals surface area contributed by atoms with Crippen molar-refractivity contribution in [1.82, 2.24) is 0 Å². The van der Waals surface area contributed by atoms with E-state index in [0.717, 1.165) is 23.1 Å². The highest BCUT2D eigenvalue weighted by Gasteiger charge is 2.14. The molecule has 0 fully saturated rings. The third kappa shape index (κ3) is 5.16. The van der Waals surface area contributed by atoms with Gasteiger partial charge in [0.15, 0.2) is 0 Å². The number of ether oxygens (including phenoxy) is 1. The summed E-state index contributed by atoms with van der Waals surface area (Å²) in [6, 6.07) is 14.4. The van der Waals surface area contributed by atoms with Crippen LogP contribution < -0.4 is 4.18 Å². The van der Waals surface area contributed by atoms with Gasteiger partial charge in [-0.2, -0.15) is 8.42 Å². The molecule has 0 amide bonds. The van der Waals surface area contributed by atoms with Crippen molar-refractivity contribution >= 4 is 10.1 Å². The molecule has 0 bridgehead atoms. The Morgan fingerprint density at radius 2 is 1.73 bits per heavy atom. The van der Waals surface area contributed by atoms with Crippen molar-refractivity contribution in [3.8, 4) is 5.75 Å². The predicted molar refractivity (Wildman–Crippen MR) is 86.5 cm³/mol.